The fourth-order valence-corrected chi connectivity index (χ4v) is 1.94. The van der Waals surface area contributed by atoms with Crippen molar-refractivity contribution >= 4 is 37.8 Å². The first-order chi connectivity index (χ1) is 6.60. The van der Waals surface area contributed by atoms with Crippen LogP contribution in [0.2, 0.25) is 0 Å². The molecule has 0 radical (unpaired) electrons. The van der Waals surface area contributed by atoms with Crippen LogP contribution in [-0.4, -0.2) is 13.1 Å². The number of hydrogen-bond donors (Lipinski definition) is 0. The molecular formula is C9H7Br2FO2. The van der Waals surface area contributed by atoms with Gasteiger partial charge in [-0.1, -0.05) is 15.9 Å². The van der Waals surface area contributed by atoms with Crippen LogP contribution in [-0.2, 0) is 10.1 Å². The standard InChI is InChI=1S/C9H7Br2FO2/c1-14-9(13)6-3-8(12)5(4-10)2-7(6)11/h2-3H,4H2,1H3. The third kappa shape index (κ3) is 2.33. The second-order valence-corrected chi connectivity index (χ2v) is 3.96. The van der Waals surface area contributed by atoms with Crippen LogP contribution in [0.15, 0.2) is 16.6 Å². The van der Waals surface area contributed by atoms with Gasteiger partial charge in [0.15, 0.2) is 0 Å². The minimum Gasteiger partial charge on any atom is -0.465 e. The zero-order valence-corrected chi connectivity index (χ0v) is 10.5. The quantitative estimate of drug-likeness (QED) is 0.616. The number of alkyl halides is 1. The number of carbonyl (C=O) groups excluding carboxylic acids is 1. The van der Waals surface area contributed by atoms with Crippen molar-refractivity contribution in [1.29, 1.82) is 0 Å². The van der Waals surface area contributed by atoms with Gasteiger partial charge in [-0.05, 0) is 33.6 Å². The second-order valence-electron chi connectivity index (χ2n) is 2.55. The van der Waals surface area contributed by atoms with Gasteiger partial charge in [-0.15, -0.1) is 0 Å². The minimum absolute atomic E-state index is 0.190. The molecule has 0 aliphatic rings. The van der Waals surface area contributed by atoms with Crippen molar-refractivity contribution in [2.75, 3.05) is 7.11 Å². The van der Waals surface area contributed by atoms with Crippen LogP contribution in [0.1, 0.15) is 15.9 Å². The molecule has 1 aromatic rings. The lowest BCUT2D eigenvalue weighted by Gasteiger charge is -2.05. The Bertz CT molecular complexity index is 366. The number of hydrogen-bond acceptors (Lipinski definition) is 2. The van der Waals surface area contributed by atoms with E-state index in [-0.39, 0.29) is 5.56 Å². The summed E-state index contributed by atoms with van der Waals surface area (Å²) < 4.78 is 18.3. The number of ether oxygens (including phenoxy) is 1. The van der Waals surface area contributed by atoms with Gasteiger partial charge in [-0.2, -0.15) is 0 Å². The van der Waals surface area contributed by atoms with Crippen molar-refractivity contribution in [3.63, 3.8) is 0 Å². The molecule has 2 nitrogen and oxygen atoms in total. The maximum absolute atomic E-state index is 13.3. The van der Waals surface area contributed by atoms with E-state index in [9.17, 15) is 9.18 Å². The Balaban J connectivity index is 3.21. The van der Waals surface area contributed by atoms with Crippen LogP contribution in [0.25, 0.3) is 0 Å². The van der Waals surface area contributed by atoms with Crippen molar-refractivity contribution in [2.45, 2.75) is 5.33 Å². The maximum atomic E-state index is 13.3. The smallest absolute Gasteiger partial charge is 0.339 e. The lowest BCUT2D eigenvalue weighted by molar-refractivity contribution is 0.0599. The average molecular weight is 326 g/mol. The summed E-state index contributed by atoms with van der Waals surface area (Å²) in [5, 5.41) is 0.402. The van der Waals surface area contributed by atoms with Crippen molar-refractivity contribution in [3.8, 4) is 0 Å². The van der Waals surface area contributed by atoms with Crippen LogP contribution in [0.4, 0.5) is 4.39 Å². The van der Waals surface area contributed by atoms with E-state index in [1.54, 1.807) is 6.07 Å². The molecule has 0 aromatic heterocycles. The normalized spacial score (nSPS) is 10.0. The molecule has 0 fully saturated rings. The van der Waals surface area contributed by atoms with E-state index in [2.05, 4.69) is 36.6 Å². The summed E-state index contributed by atoms with van der Waals surface area (Å²) in [6, 6.07) is 2.71. The van der Waals surface area contributed by atoms with Crippen LogP contribution >= 0.6 is 31.9 Å². The van der Waals surface area contributed by atoms with Gasteiger partial charge in [0.2, 0.25) is 0 Å². The maximum Gasteiger partial charge on any atom is 0.339 e. The highest BCUT2D eigenvalue weighted by Crippen LogP contribution is 2.23. The summed E-state index contributed by atoms with van der Waals surface area (Å²) in [4.78, 5) is 11.2. The highest BCUT2D eigenvalue weighted by molar-refractivity contribution is 9.10. The summed E-state index contributed by atoms with van der Waals surface area (Å²) >= 11 is 6.32. The number of rotatable bonds is 2. The Morgan fingerprint density at radius 3 is 2.71 bits per heavy atom. The first-order valence-electron chi connectivity index (χ1n) is 3.72. The summed E-state index contributed by atoms with van der Waals surface area (Å²) in [5.74, 6) is -0.984. The van der Waals surface area contributed by atoms with Crippen molar-refractivity contribution in [1.82, 2.24) is 0 Å². The number of halogens is 3. The summed E-state index contributed by atoms with van der Waals surface area (Å²) in [7, 11) is 1.26. The van der Waals surface area contributed by atoms with Gasteiger partial charge in [0.1, 0.15) is 5.82 Å². The predicted octanol–water partition coefficient (Wildman–Crippen LogP) is 3.27. The third-order valence-corrected chi connectivity index (χ3v) is 2.95. The fourth-order valence-electron chi connectivity index (χ4n) is 0.957. The first-order valence-corrected chi connectivity index (χ1v) is 5.63. The molecule has 0 N–H and O–H groups in total. The van der Waals surface area contributed by atoms with Crippen molar-refractivity contribution in [3.05, 3.63) is 33.5 Å². The zero-order valence-electron chi connectivity index (χ0n) is 7.31. The molecule has 0 aliphatic heterocycles. The minimum atomic E-state index is -0.558. The molecule has 14 heavy (non-hydrogen) atoms. The lowest BCUT2D eigenvalue weighted by atomic mass is 10.1. The molecule has 76 valence electrons. The van der Waals surface area contributed by atoms with E-state index in [4.69, 9.17) is 0 Å². The number of esters is 1. The van der Waals surface area contributed by atoms with Crippen LogP contribution in [0.3, 0.4) is 0 Å². The van der Waals surface area contributed by atoms with E-state index in [0.29, 0.717) is 15.4 Å². The van der Waals surface area contributed by atoms with E-state index in [0.717, 1.165) is 6.07 Å². The van der Waals surface area contributed by atoms with E-state index >= 15 is 0 Å². The molecule has 0 amide bonds. The molecule has 0 bridgehead atoms. The largest absolute Gasteiger partial charge is 0.465 e. The zero-order chi connectivity index (χ0) is 10.7. The predicted molar refractivity (Wildman–Crippen MR) is 58.1 cm³/mol. The van der Waals surface area contributed by atoms with Gasteiger partial charge in [0.05, 0.1) is 12.7 Å². The van der Waals surface area contributed by atoms with Gasteiger partial charge in [0, 0.05) is 9.80 Å². The van der Waals surface area contributed by atoms with Gasteiger partial charge in [-0.3, -0.25) is 0 Å². The first kappa shape index (κ1) is 11.7. The Kier molecular flexibility index (Phi) is 4.07. The molecule has 0 saturated carbocycles. The lowest BCUT2D eigenvalue weighted by Crippen LogP contribution is -2.04. The average Bonchev–Trinajstić information content (AvgIpc) is 2.19. The SMILES string of the molecule is COC(=O)c1cc(F)c(CBr)cc1Br. The molecular weight excluding hydrogens is 319 g/mol. The van der Waals surface area contributed by atoms with Crippen LogP contribution < -0.4 is 0 Å². The van der Waals surface area contributed by atoms with Crippen LogP contribution in [0.5, 0.6) is 0 Å². The van der Waals surface area contributed by atoms with Gasteiger partial charge >= 0.3 is 5.97 Å². The Morgan fingerprint density at radius 2 is 2.21 bits per heavy atom. The van der Waals surface area contributed by atoms with E-state index in [1.807, 2.05) is 0 Å². The molecule has 1 rings (SSSR count). The summed E-state index contributed by atoms with van der Waals surface area (Å²) in [5.41, 5.74) is 0.680. The van der Waals surface area contributed by atoms with Crippen molar-refractivity contribution in [2.24, 2.45) is 0 Å². The molecule has 5 heteroatoms. The van der Waals surface area contributed by atoms with Crippen LogP contribution in [0, 0.1) is 5.82 Å². The number of carbonyl (C=O) groups is 1. The highest BCUT2D eigenvalue weighted by atomic mass is 79.9. The van der Waals surface area contributed by atoms with Gasteiger partial charge < -0.3 is 4.74 Å². The molecule has 0 heterocycles. The van der Waals surface area contributed by atoms with Gasteiger partial charge in [-0.25, -0.2) is 9.18 Å². The Morgan fingerprint density at radius 1 is 1.57 bits per heavy atom. The van der Waals surface area contributed by atoms with E-state index in [1.165, 1.54) is 7.11 Å². The second kappa shape index (κ2) is 4.89. The molecule has 0 aliphatic carbocycles. The Hall–Kier alpha value is -0.420. The van der Waals surface area contributed by atoms with Gasteiger partial charge in [0.25, 0.3) is 0 Å². The molecule has 0 atom stereocenters. The fraction of sp³-hybridized carbons (Fsp3) is 0.222. The highest BCUT2D eigenvalue weighted by Gasteiger charge is 2.13. The molecule has 0 saturated heterocycles. The molecule has 0 unspecified atom stereocenters. The summed E-state index contributed by atoms with van der Waals surface area (Å²) in [6.07, 6.45) is 0. The topological polar surface area (TPSA) is 26.3 Å². The summed E-state index contributed by atoms with van der Waals surface area (Å²) in [6.45, 7) is 0. The molecule has 0 spiro atoms. The van der Waals surface area contributed by atoms with E-state index < -0.39 is 11.8 Å². The number of methoxy groups -OCH3 is 1. The molecule has 1 aromatic carbocycles. The third-order valence-electron chi connectivity index (χ3n) is 1.69. The number of benzene rings is 1. The van der Waals surface area contributed by atoms with Crippen molar-refractivity contribution < 1.29 is 13.9 Å². The monoisotopic (exact) mass is 324 g/mol. The Labute approximate surface area is 97.7 Å².